The van der Waals surface area contributed by atoms with E-state index in [2.05, 4.69) is 15.2 Å². The summed E-state index contributed by atoms with van der Waals surface area (Å²) in [4.78, 5) is 15.4. The molecule has 2 aromatic heterocycles. The highest BCUT2D eigenvalue weighted by molar-refractivity contribution is 7.99. The van der Waals surface area contributed by atoms with Crippen LogP contribution >= 0.6 is 11.8 Å². The molecule has 0 saturated heterocycles. The Hall–Kier alpha value is -2.52. The van der Waals surface area contributed by atoms with Crippen LogP contribution in [0.1, 0.15) is 5.82 Å². The van der Waals surface area contributed by atoms with Crippen LogP contribution in [0.4, 0.5) is 5.69 Å². The van der Waals surface area contributed by atoms with Gasteiger partial charge in [0.2, 0.25) is 0 Å². The van der Waals surface area contributed by atoms with Crippen LogP contribution in [0.3, 0.4) is 0 Å². The summed E-state index contributed by atoms with van der Waals surface area (Å²) in [5.41, 5.74) is 0.0152. The number of non-ortho nitro benzene ring substituents is 1. The first-order valence-corrected chi connectivity index (χ1v) is 7.11. The lowest BCUT2D eigenvalue weighted by molar-refractivity contribution is -0.383. The number of aliphatic hydroxyl groups excluding tert-OH is 1. The third kappa shape index (κ3) is 2.40. The Morgan fingerprint density at radius 1 is 1.32 bits per heavy atom. The van der Waals surface area contributed by atoms with Crippen LogP contribution in [-0.2, 0) is 13.7 Å². The molecule has 0 unspecified atom stereocenters. The lowest BCUT2D eigenvalue weighted by Crippen LogP contribution is -1.98. The van der Waals surface area contributed by atoms with E-state index in [1.165, 1.54) is 24.0 Å². The third-order valence-electron chi connectivity index (χ3n) is 3.22. The fourth-order valence-electron chi connectivity index (χ4n) is 2.07. The Kier molecular flexibility index (Phi) is 3.73. The van der Waals surface area contributed by atoms with Crippen molar-refractivity contribution in [1.82, 2.24) is 19.7 Å². The summed E-state index contributed by atoms with van der Waals surface area (Å²) >= 11 is 1.33. The summed E-state index contributed by atoms with van der Waals surface area (Å²) in [6.45, 7) is -0.199. The van der Waals surface area contributed by atoms with E-state index in [1.807, 2.05) is 0 Å². The highest BCUT2D eigenvalue weighted by atomic mass is 32.2. The number of aliphatic hydroxyl groups is 1. The number of benzene rings is 1. The molecule has 0 saturated carbocycles. The summed E-state index contributed by atoms with van der Waals surface area (Å²) in [6, 6.07) is 4.86. The van der Waals surface area contributed by atoms with Crippen molar-refractivity contribution in [3.8, 4) is 0 Å². The van der Waals surface area contributed by atoms with Crippen LogP contribution in [-0.4, -0.2) is 29.8 Å². The third-order valence-corrected chi connectivity index (χ3v) is 4.33. The topological polar surface area (TPSA) is 107 Å². The summed E-state index contributed by atoms with van der Waals surface area (Å²) in [5, 5.41) is 29.9. The Labute approximate surface area is 129 Å². The SMILES string of the molecule is Cn1c(CO)nnc1Sc1ccc([N+](=O)[O-])c2cnccc12. The van der Waals surface area contributed by atoms with Crippen molar-refractivity contribution in [2.75, 3.05) is 0 Å². The average molecular weight is 317 g/mol. The summed E-state index contributed by atoms with van der Waals surface area (Å²) in [6.07, 6.45) is 3.07. The lowest BCUT2D eigenvalue weighted by Gasteiger charge is -2.06. The van der Waals surface area contributed by atoms with Crippen molar-refractivity contribution in [2.45, 2.75) is 16.7 Å². The normalized spacial score (nSPS) is 11.0. The van der Waals surface area contributed by atoms with Crippen molar-refractivity contribution in [1.29, 1.82) is 0 Å². The summed E-state index contributed by atoms with van der Waals surface area (Å²) in [7, 11) is 1.75. The Morgan fingerprint density at radius 3 is 2.82 bits per heavy atom. The van der Waals surface area contributed by atoms with Crippen LogP contribution in [0.15, 0.2) is 40.6 Å². The number of hydrogen-bond acceptors (Lipinski definition) is 7. The maximum absolute atomic E-state index is 11.1. The number of aromatic nitrogens is 4. The molecule has 0 aliphatic rings. The van der Waals surface area contributed by atoms with Crippen molar-refractivity contribution < 1.29 is 10.0 Å². The van der Waals surface area contributed by atoms with E-state index in [1.54, 1.807) is 29.9 Å². The minimum atomic E-state index is -0.426. The predicted octanol–water partition coefficient (Wildman–Crippen LogP) is 1.91. The smallest absolute Gasteiger partial charge is 0.278 e. The van der Waals surface area contributed by atoms with E-state index in [9.17, 15) is 10.1 Å². The molecule has 9 heteroatoms. The number of rotatable bonds is 4. The fraction of sp³-hybridized carbons (Fsp3) is 0.154. The lowest BCUT2D eigenvalue weighted by atomic mass is 10.1. The van der Waals surface area contributed by atoms with Gasteiger partial charge >= 0.3 is 0 Å². The maximum atomic E-state index is 11.1. The highest BCUT2D eigenvalue weighted by Crippen LogP contribution is 2.36. The molecule has 0 fully saturated rings. The van der Waals surface area contributed by atoms with Crippen molar-refractivity contribution in [2.24, 2.45) is 7.05 Å². The largest absolute Gasteiger partial charge is 0.388 e. The van der Waals surface area contributed by atoms with Gasteiger partial charge in [-0.15, -0.1) is 10.2 Å². The maximum Gasteiger partial charge on any atom is 0.278 e. The first kappa shape index (κ1) is 14.4. The van der Waals surface area contributed by atoms with E-state index in [0.29, 0.717) is 16.4 Å². The molecule has 112 valence electrons. The van der Waals surface area contributed by atoms with Gasteiger partial charge in [-0.2, -0.15) is 0 Å². The highest BCUT2D eigenvalue weighted by Gasteiger charge is 2.17. The zero-order valence-corrected chi connectivity index (χ0v) is 12.3. The van der Waals surface area contributed by atoms with Gasteiger partial charge in [0.1, 0.15) is 6.61 Å². The van der Waals surface area contributed by atoms with E-state index in [-0.39, 0.29) is 12.3 Å². The standard InChI is InChI=1S/C13H11N5O3S/c1-17-12(7-19)15-16-13(17)22-11-3-2-10(18(20)21)9-6-14-5-4-8(9)11/h2-6,19H,7H2,1H3. The van der Waals surface area contributed by atoms with E-state index in [0.717, 1.165) is 10.3 Å². The number of nitrogens with zero attached hydrogens (tertiary/aromatic N) is 5. The van der Waals surface area contributed by atoms with Crippen molar-refractivity contribution >= 4 is 28.2 Å². The van der Waals surface area contributed by atoms with Gasteiger partial charge in [0, 0.05) is 35.8 Å². The minimum absolute atomic E-state index is 0.0152. The van der Waals surface area contributed by atoms with Crippen LogP contribution < -0.4 is 0 Å². The second-order valence-electron chi connectivity index (χ2n) is 4.48. The summed E-state index contributed by atoms with van der Waals surface area (Å²) in [5.74, 6) is 0.454. The molecule has 8 nitrogen and oxygen atoms in total. The molecule has 1 aromatic carbocycles. The molecule has 0 aliphatic heterocycles. The Balaban J connectivity index is 2.10. The molecule has 3 aromatic rings. The number of hydrogen-bond donors (Lipinski definition) is 1. The van der Waals surface area contributed by atoms with Gasteiger partial charge < -0.3 is 9.67 Å². The Morgan fingerprint density at radius 2 is 2.14 bits per heavy atom. The second kappa shape index (κ2) is 5.70. The van der Waals surface area contributed by atoms with Crippen LogP contribution in [0.25, 0.3) is 10.8 Å². The first-order valence-electron chi connectivity index (χ1n) is 6.30. The van der Waals surface area contributed by atoms with Crippen LogP contribution in [0.5, 0.6) is 0 Å². The molecule has 0 amide bonds. The monoisotopic (exact) mass is 317 g/mol. The van der Waals surface area contributed by atoms with Crippen molar-refractivity contribution in [3.63, 3.8) is 0 Å². The number of nitro benzene ring substituents is 1. The molecular weight excluding hydrogens is 306 g/mol. The fourth-order valence-corrected chi connectivity index (χ4v) is 3.01. The molecule has 22 heavy (non-hydrogen) atoms. The van der Waals surface area contributed by atoms with E-state index in [4.69, 9.17) is 5.11 Å². The van der Waals surface area contributed by atoms with E-state index < -0.39 is 4.92 Å². The van der Waals surface area contributed by atoms with Gasteiger partial charge in [0.25, 0.3) is 5.69 Å². The second-order valence-corrected chi connectivity index (χ2v) is 5.49. The molecule has 0 bridgehead atoms. The minimum Gasteiger partial charge on any atom is -0.388 e. The molecule has 1 N–H and O–H groups in total. The number of pyridine rings is 1. The predicted molar refractivity (Wildman–Crippen MR) is 79.4 cm³/mol. The molecule has 0 aliphatic carbocycles. The van der Waals surface area contributed by atoms with Crippen LogP contribution in [0, 0.1) is 10.1 Å². The van der Waals surface area contributed by atoms with Gasteiger partial charge in [-0.3, -0.25) is 15.1 Å². The number of nitro groups is 1. The van der Waals surface area contributed by atoms with Gasteiger partial charge in [-0.25, -0.2) is 0 Å². The quantitative estimate of drug-likeness (QED) is 0.578. The van der Waals surface area contributed by atoms with Gasteiger partial charge in [-0.05, 0) is 23.9 Å². The first-order chi connectivity index (χ1) is 10.6. The number of fused-ring (bicyclic) bond motifs is 1. The Bertz CT molecular complexity index is 864. The molecular formula is C13H11N5O3S. The molecule has 2 heterocycles. The van der Waals surface area contributed by atoms with Gasteiger partial charge in [0.15, 0.2) is 11.0 Å². The van der Waals surface area contributed by atoms with E-state index >= 15 is 0 Å². The van der Waals surface area contributed by atoms with Gasteiger partial charge in [-0.1, -0.05) is 0 Å². The summed E-state index contributed by atoms with van der Waals surface area (Å²) < 4.78 is 1.68. The van der Waals surface area contributed by atoms with Gasteiger partial charge in [0.05, 0.1) is 10.3 Å². The molecule has 0 atom stereocenters. The van der Waals surface area contributed by atoms with Crippen molar-refractivity contribution in [3.05, 3.63) is 46.5 Å². The zero-order chi connectivity index (χ0) is 15.7. The van der Waals surface area contributed by atoms with Crippen LogP contribution in [0.2, 0.25) is 0 Å². The molecule has 3 rings (SSSR count). The molecule has 0 spiro atoms. The average Bonchev–Trinajstić information content (AvgIpc) is 2.87. The zero-order valence-electron chi connectivity index (χ0n) is 11.5. The molecule has 0 radical (unpaired) electrons.